The van der Waals surface area contributed by atoms with E-state index in [0.717, 1.165) is 0 Å². The highest BCUT2D eigenvalue weighted by Crippen LogP contribution is 2.24. The maximum atomic E-state index is 12.7. The first-order chi connectivity index (χ1) is 5.87. The fraction of sp³-hybridized carbons (Fsp3) is 0.833. The highest BCUT2D eigenvalue weighted by Gasteiger charge is 2.48. The number of hydrogen-bond donors (Lipinski definition) is 4. The molecule has 0 amide bonds. The van der Waals surface area contributed by atoms with E-state index in [1.165, 1.54) is 0 Å². The highest BCUT2D eigenvalue weighted by atomic mass is 19.3. The molecular weight excluding hydrogens is 190 g/mol. The number of alkyl halides is 2. The van der Waals surface area contributed by atoms with Gasteiger partial charge in [0.15, 0.2) is 12.4 Å². The van der Waals surface area contributed by atoms with Crippen LogP contribution in [0.25, 0.3) is 0 Å². The zero-order chi connectivity index (χ0) is 10.6. The molecule has 0 rings (SSSR count). The van der Waals surface area contributed by atoms with Crippen molar-refractivity contribution in [3.8, 4) is 0 Å². The van der Waals surface area contributed by atoms with Crippen molar-refractivity contribution in [3.05, 3.63) is 0 Å². The minimum atomic E-state index is -4.13. The van der Waals surface area contributed by atoms with Crippen LogP contribution in [0, 0.1) is 0 Å². The molecule has 4 N–H and O–H groups in total. The number of halogens is 2. The number of carbonyl (C=O) groups excluding carboxylic acids is 1. The van der Waals surface area contributed by atoms with E-state index in [2.05, 4.69) is 0 Å². The summed E-state index contributed by atoms with van der Waals surface area (Å²) in [4.78, 5) is 9.82. The van der Waals surface area contributed by atoms with Gasteiger partial charge in [-0.15, -0.1) is 0 Å². The van der Waals surface area contributed by atoms with Crippen molar-refractivity contribution in [1.82, 2.24) is 0 Å². The summed E-state index contributed by atoms with van der Waals surface area (Å²) >= 11 is 0. The second-order valence-corrected chi connectivity index (χ2v) is 2.44. The Morgan fingerprint density at radius 1 is 1.31 bits per heavy atom. The Hall–Kier alpha value is -0.630. The Morgan fingerprint density at radius 3 is 2.08 bits per heavy atom. The third-order valence-corrected chi connectivity index (χ3v) is 1.47. The van der Waals surface area contributed by atoms with Gasteiger partial charge in [-0.05, 0) is 0 Å². The summed E-state index contributed by atoms with van der Waals surface area (Å²) in [7, 11) is 0. The summed E-state index contributed by atoms with van der Waals surface area (Å²) in [5.41, 5.74) is 0. The number of carbonyl (C=O) groups is 1. The van der Waals surface area contributed by atoms with E-state index >= 15 is 0 Å². The molecule has 0 saturated carbocycles. The number of rotatable bonds is 5. The van der Waals surface area contributed by atoms with Crippen molar-refractivity contribution >= 4 is 6.29 Å². The lowest BCUT2D eigenvalue weighted by molar-refractivity contribution is -0.208. The lowest BCUT2D eigenvalue weighted by Crippen LogP contribution is -2.52. The van der Waals surface area contributed by atoms with E-state index in [1.807, 2.05) is 0 Å². The summed E-state index contributed by atoms with van der Waals surface area (Å²) in [6.45, 7) is -1.28. The van der Waals surface area contributed by atoms with Crippen LogP contribution in [0.4, 0.5) is 8.78 Å². The first kappa shape index (κ1) is 12.4. The van der Waals surface area contributed by atoms with Gasteiger partial charge in [-0.25, -0.2) is 8.78 Å². The molecule has 0 saturated heterocycles. The van der Waals surface area contributed by atoms with Gasteiger partial charge in [0.1, 0.15) is 12.2 Å². The molecule has 0 aromatic carbocycles. The normalized spacial score (nSPS) is 19.2. The Morgan fingerprint density at radius 2 is 1.77 bits per heavy atom. The van der Waals surface area contributed by atoms with E-state index in [9.17, 15) is 13.6 Å². The van der Waals surface area contributed by atoms with Gasteiger partial charge in [0.25, 0.3) is 0 Å². The predicted molar refractivity (Wildman–Crippen MR) is 36.1 cm³/mol. The highest BCUT2D eigenvalue weighted by molar-refractivity contribution is 5.56. The molecule has 0 aromatic rings. The first-order valence-corrected chi connectivity index (χ1v) is 3.36. The van der Waals surface area contributed by atoms with Crippen LogP contribution in [0.1, 0.15) is 0 Å². The summed E-state index contributed by atoms with van der Waals surface area (Å²) in [5, 5.41) is 33.8. The number of hydrogen-bond acceptors (Lipinski definition) is 5. The molecular formula is C6H10F2O5. The van der Waals surface area contributed by atoms with Crippen LogP contribution >= 0.6 is 0 Å². The predicted octanol–water partition coefficient (Wildman–Crippen LogP) is -2.10. The summed E-state index contributed by atoms with van der Waals surface area (Å²) in [6.07, 6.45) is -7.83. The second kappa shape index (κ2) is 4.56. The SMILES string of the molecule is O=C[C@H](O)[C@H](O)C(F)(F)[C@H](O)CO. The molecule has 5 nitrogen and oxygen atoms in total. The van der Waals surface area contributed by atoms with Gasteiger partial charge >= 0.3 is 5.92 Å². The summed E-state index contributed by atoms with van der Waals surface area (Å²) < 4.78 is 25.3. The van der Waals surface area contributed by atoms with Gasteiger partial charge in [0.05, 0.1) is 6.61 Å². The Kier molecular flexibility index (Phi) is 4.34. The molecule has 0 aliphatic rings. The first-order valence-electron chi connectivity index (χ1n) is 3.36. The minimum absolute atomic E-state index is 0.289. The number of aliphatic hydroxyl groups is 4. The average molecular weight is 200 g/mol. The van der Waals surface area contributed by atoms with Crippen LogP contribution in [-0.2, 0) is 4.79 Å². The standard InChI is InChI=1S/C6H10F2O5/c7-6(8,4(12)2-10)5(13)3(11)1-9/h1,3-5,10-13H,2H2/t3-,4+,5-/m0/s1. The van der Waals surface area contributed by atoms with Crippen LogP contribution in [0.15, 0.2) is 0 Å². The average Bonchev–Trinajstić information content (AvgIpc) is 2.13. The van der Waals surface area contributed by atoms with Crippen molar-refractivity contribution in [2.24, 2.45) is 0 Å². The van der Waals surface area contributed by atoms with Gasteiger partial charge in [-0.3, -0.25) is 0 Å². The smallest absolute Gasteiger partial charge is 0.303 e. The van der Waals surface area contributed by atoms with Gasteiger partial charge in [-0.2, -0.15) is 0 Å². The van der Waals surface area contributed by atoms with Crippen LogP contribution < -0.4 is 0 Å². The van der Waals surface area contributed by atoms with Gasteiger partial charge in [0.2, 0.25) is 0 Å². The fourth-order valence-corrected chi connectivity index (χ4v) is 0.621. The molecule has 7 heteroatoms. The van der Waals surface area contributed by atoms with Crippen molar-refractivity contribution in [1.29, 1.82) is 0 Å². The molecule has 0 radical (unpaired) electrons. The monoisotopic (exact) mass is 200 g/mol. The topological polar surface area (TPSA) is 98.0 Å². The Bertz CT molecular complexity index is 174. The van der Waals surface area contributed by atoms with Gasteiger partial charge in [0, 0.05) is 0 Å². The van der Waals surface area contributed by atoms with Gasteiger partial charge in [-0.1, -0.05) is 0 Å². The lowest BCUT2D eigenvalue weighted by atomic mass is 10.0. The van der Waals surface area contributed by atoms with Crippen LogP contribution in [0.3, 0.4) is 0 Å². The molecule has 78 valence electrons. The summed E-state index contributed by atoms with van der Waals surface area (Å²) in [6, 6.07) is 0. The van der Waals surface area contributed by atoms with Crippen molar-refractivity contribution in [3.63, 3.8) is 0 Å². The third-order valence-electron chi connectivity index (χ3n) is 1.47. The molecule has 0 unspecified atom stereocenters. The maximum Gasteiger partial charge on any atom is 0.303 e. The van der Waals surface area contributed by atoms with E-state index in [4.69, 9.17) is 20.4 Å². The zero-order valence-electron chi connectivity index (χ0n) is 6.47. The van der Waals surface area contributed by atoms with E-state index in [-0.39, 0.29) is 6.29 Å². The van der Waals surface area contributed by atoms with Crippen LogP contribution in [-0.4, -0.2) is 57.6 Å². The maximum absolute atomic E-state index is 12.7. The van der Waals surface area contributed by atoms with E-state index in [0.29, 0.717) is 0 Å². The van der Waals surface area contributed by atoms with Crippen LogP contribution in [0.5, 0.6) is 0 Å². The molecule has 0 spiro atoms. The zero-order valence-corrected chi connectivity index (χ0v) is 6.47. The Labute approximate surface area is 72.2 Å². The van der Waals surface area contributed by atoms with Crippen molar-refractivity contribution in [2.75, 3.05) is 6.61 Å². The fourth-order valence-electron chi connectivity index (χ4n) is 0.621. The van der Waals surface area contributed by atoms with E-state index < -0.39 is 30.8 Å². The lowest BCUT2D eigenvalue weighted by Gasteiger charge is -2.26. The molecule has 0 aliphatic carbocycles. The molecule has 0 heterocycles. The Balaban J connectivity index is 4.51. The molecule has 0 fully saturated rings. The second-order valence-electron chi connectivity index (χ2n) is 2.44. The number of aliphatic hydroxyl groups excluding tert-OH is 4. The van der Waals surface area contributed by atoms with Crippen molar-refractivity contribution < 1.29 is 34.0 Å². The molecule has 0 aliphatic heterocycles. The molecule has 13 heavy (non-hydrogen) atoms. The van der Waals surface area contributed by atoms with Crippen molar-refractivity contribution in [2.45, 2.75) is 24.2 Å². The molecule has 0 aromatic heterocycles. The minimum Gasteiger partial charge on any atom is -0.393 e. The largest absolute Gasteiger partial charge is 0.393 e. The van der Waals surface area contributed by atoms with E-state index in [1.54, 1.807) is 0 Å². The molecule has 0 bridgehead atoms. The summed E-state index contributed by atoms with van der Waals surface area (Å²) in [5.74, 6) is -4.13. The molecule has 3 atom stereocenters. The van der Waals surface area contributed by atoms with Crippen LogP contribution in [0.2, 0.25) is 0 Å². The number of aldehydes is 1. The quantitative estimate of drug-likeness (QED) is 0.381. The third kappa shape index (κ3) is 2.66. The van der Waals surface area contributed by atoms with Gasteiger partial charge < -0.3 is 25.2 Å².